The maximum Gasteiger partial charge on any atom is 0.273 e. The van der Waals surface area contributed by atoms with Gasteiger partial charge in [0.05, 0.1) is 22.9 Å². The predicted molar refractivity (Wildman–Crippen MR) is 92.6 cm³/mol. The molecule has 0 radical (unpaired) electrons. The van der Waals surface area contributed by atoms with Crippen molar-refractivity contribution in [1.29, 1.82) is 0 Å². The summed E-state index contributed by atoms with van der Waals surface area (Å²) < 4.78 is 28.9. The molecule has 2 aromatic heterocycles. The van der Waals surface area contributed by atoms with Gasteiger partial charge in [-0.2, -0.15) is 5.10 Å². The molecule has 0 bridgehead atoms. The van der Waals surface area contributed by atoms with Crippen LogP contribution in [0.25, 0.3) is 0 Å². The van der Waals surface area contributed by atoms with Crippen LogP contribution in [-0.2, 0) is 10.0 Å². The zero-order chi connectivity index (χ0) is 16.4. The molecule has 5 nitrogen and oxygen atoms in total. The van der Waals surface area contributed by atoms with Gasteiger partial charge in [-0.25, -0.2) is 8.42 Å². The highest BCUT2D eigenvalue weighted by atomic mass is 35.5. The number of nitrogens with one attached hydrogen (secondary N) is 1. The number of sulfonamides is 1. The molecule has 2 heterocycles. The number of nitrogens with zero attached hydrogens (tertiary/aromatic N) is 2. The minimum atomic E-state index is -3.69. The van der Waals surface area contributed by atoms with Gasteiger partial charge in [-0.05, 0) is 23.9 Å². The second-order valence-corrected chi connectivity index (χ2v) is 8.16. The van der Waals surface area contributed by atoms with E-state index in [0.29, 0.717) is 5.69 Å². The zero-order valence-electron chi connectivity index (χ0n) is 12.2. The van der Waals surface area contributed by atoms with Gasteiger partial charge in [0.15, 0.2) is 4.21 Å². The fraction of sp³-hybridized carbons (Fsp3) is 0.133. The molecule has 23 heavy (non-hydrogen) atoms. The summed E-state index contributed by atoms with van der Waals surface area (Å²) in [5.41, 5.74) is 1.49. The number of rotatable bonds is 5. The van der Waals surface area contributed by atoms with E-state index in [1.807, 2.05) is 37.3 Å². The minimum absolute atomic E-state index is 0.000204. The van der Waals surface area contributed by atoms with Crippen LogP contribution in [0.4, 0.5) is 5.69 Å². The molecule has 0 aliphatic heterocycles. The van der Waals surface area contributed by atoms with E-state index < -0.39 is 10.0 Å². The quantitative estimate of drug-likeness (QED) is 0.741. The number of halogens is 1. The van der Waals surface area contributed by atoms with Crippen LogP contribution < -0.4 is 4.72 Å². The number of hydrogen-bond acceptors (Lipinski definition) is 4. The van der Waals surface area contributed by atoms with Crippen LogP contribution in [0.2, 0.25) is 5.02 Å². The van der Waals surface area contributed by atoms with Gasteiger partial charge < -0.3 is 0 Å². The van der Waals surface area contributed by atoms with Crippen LogP contribution in [-0.4, -0.2) is 18.2 Å². The predicted octanol–water partition coefficient (Wildman–Crippen LogP) is 4.01. The van der Waals surface area contributed by atoms with Crippen LogP contribution in [0.15, 0.2) is 58.4 Å². The number of hydrogen-bond donors (Lipinski definition) is 1. The van der Waals surface area contributed by atoms with Crippen molar-refractivity contribution in [3.8, 4) is 0 Å². The van der Waals surface area contributed by atoms with Gasteiger partial charge in [0, 0.05) is 6.20 Å². The van der Waals surface area contributed by atoms with Gasteiger partial charge in [-0.1, -0.05) is 41.9 Å². The van der Waals surface area contributed by atoms with Crippen molar-refractivity contribution < 1.29 is 8.42 Å². The van der Waals surface area contributed by atoms with Gasteiger partial charge in [-0.3, -0.25) is 9.40 Å². The summed E-state index contributed by atoms with van der Waals surface area (Å²) in [6.07, 6.45) is 3.15. The van der Waals surface area contributed by atoms with E-state index in [2.05, 4.69) is 9.82 Å². The topological polar surface area (TPSA) is 64.0 Å². The fourth-order valence-corrected chi connectivity index (χ4v) is 4.88. The third kappa shape index (κ3) is 3.41. The largest absolute Gasteiger partial charge is 0.276 e. The van der Waals surface area contributed by atoms with Crippen LogP contribution in [0, 0.1) is 0 Å². The smallest absolute Gasteiger partial charge is 0.273 e. The molecule has 1 atom stereocenters. The Labute approximate surface area is 143 Å². The first-order chi connectivity index (χ1) is 11.0. The Morgan fingerprint density at radius 2 is 2.00 bits per heavy atom. The second-order valence-electron chi connectivity index (χ2n) is 4.96. The number of benzene rings is 1. The Kier molecular flexibility index (Phi) is 4.43. The van der Waals surface area contributed by atoms with Crippen molar-refractivity contribution in [3.05, 3.63) is 64.8 Å². The monoisotopic (exact) mass is 367 g/mol. The number of thiophene rings is 1. The summed E-state index contributed by atoms with van der Waals surface area (Å²) in [6.45, 7) is 2.00. The minimum Gasteiger partial charge on any atom is -0.276 e. The molecule has 3 rings (SSSR count). The summed E-state index contributed by atoms with van der Waals surface area (Å²) in [4.78, 5) is 0. The fourth-order valence-electron chi connectivity index (χ4n) is 2.16. The highest BCUT2D eigenvalue weighted by Crippen LogP contribution is 2.29. The molecule has 1 aromatic carbocycles. The third-order valence-electron chi connectivity index (χ3n) is 3.36. The van der Waals surface area contributed by atoms with Crippen molar-refractivity contribution in [2.45, 2.75) is 17.2 Å². The van der Waals surface area contributed by atoms with Crippen LogP contribution in [0.5, 0.6) is 0 Å². The Morgan fingerprint density at radius 3 is 2.65 bits per heavy atom. The summed E-state index contributed by atoms with van der Waals surface area (Å²) in [6, 6.07) is 11.4. The molecule has 3 aromatic rings. The van der Waals surface area contributed by atoms with E-state index in [4.69, 9.17) is 11.6 Å². The van der Waals surface area contributed by atoms with Crippen molar-refractivity contribution >= 4 is 38.6 Å². The molecule has 8 heteroatoms. The number of aromatic nitrogens is 2. The van der Waals surface area contributed by atoms with Crippen molar-refractivity contribution in [2.24, 2.45) is 0 Å². The lowest BCUT2D eigenvalue weighted by Gasteiger charge is -2.12. The van der Waals surface area contributed by atoms with Crippen molar-refractivity contribution in [1.82, 2.24) is 9.78 Å². The molecule has 1 N–H and O–H groups in total. The zero-order valence-corrected chi connectivity index (χ0v) is 14.6. The molecule has 0 spiro atoms. The first-order valence-corrected chi connectivity index (χ1v) is 9.56. The van der Waals surface area contributed by atoms with E-state index in [-0.39, 0.29) is 15.3 Å². The van der Waals surface area contributed by atoms with Crippen molar-refractivity contribution in [3.63, 3.8) is 0 Å². The summed E-state index contributed by atoms with van der Waals surface area (Å²) in [5.74, 6) is 0. The second kappa shape index (κ2) is 6.35. The van der Waals surface area contributed by atoms with Gasteiger partial charge in [0.2, 0.25) is 0 Å². The van der Waals surface area contributed by atoms with Crippen LogP contribution in [0.1, 0.15) is 18.5 Å². The standard InChI is InChI=1S/C15H14ClN3O2S2/c1-11(12-5-3-2-4-6-12)19-10-13(9-17-19)18-23(20,21)15-14(16)7-8-22-15/h2-11,18H,1H3. The van der Waals surface area contributed by atoms with E-state index in [9.17, 15) is 8.42 Å². The Balaban J connectivity index is 1.82. The average Bonchev–Trinajstić information content (AvgIpc) is 3.16. The maximum absolute atomic E-state index is 12.3. The van der Waals surface area contributed by atoms with E-state index in [1.165, 1.54) is 6.20 Å². The normalized spacial score (nSPS) is 13.0. The summed E-state index contributed by atoms with van der Waals surface area (Å²) in [5, 5.41) is 6.09. The third-order valence-corrected chi connectivity index (χ3v) is 6.77. The van der Waals surface area contributed by atoms with E-state index >= 15 is 0 Å². The molecule has 0 aliphatic rings. The van der Waals surface area contributed by atoms with Gasteiger partial charge in [0.1, 0.15) is 0 Å². The van der Waals surface area contributed by atoms with Crippen LogP contribution in [0.3, 0.4) is 0 Å². The molecule has 0 fully saturated rings. The highest BCUT2D eigenvalue weighted by Gasteiger charge is 2.20. The Bertz CT molecular complexity index is 904. The first-order valence-electron chi connectivity index (χ1n) is 6.82. The SMILES string of the molecule is CC(c1ccccc1)n1cc(NS(=O)(=O)c2sccc2Cl)cn1. The summed E-state index contributed by atoms with van der Waals surface area (Å²) >= 11 is 6.97. The van der Waals surface area contributed by atoms with Gasteiger partial charge in [0.25, 0.3) is 10.0 Å². The molecule has 1 unspecified atom stereocenters. The molecule has 0 saturated carbocycles. The maximum atomic E-state index is 12.3. The van der Waals surface area contributed by atoms with E-state index in [0.717, 1.165) is 16.9 Å². The first kappa shape index (κ1) is 16.0. The molecular weight excluding hydrogens is 354 g/mol. The van der Waals surface area contributed by atoms with E-state index in [1.54, 1.807) is 22.3 Å². The molecular formula is C15H14ClN3O2S2. The molecule has 0 aliphatic carbocycles. The molecule has 0 saturated heterocycles. The van der Waals surface area contributed by atoms with Gasteiger partial charge >= 0.3 is 0 Å². The molecule has 0 amide bonds. The average molecular weight is 368 g/mol. The highest BCUT2D eigenvalue weighted by molar-refractivity contribution is 7.94. The number of anilines is 1. The summed E-state index contributed by atoms with van der Waals surface area (Å²) in [7, 11) is -3.69. The lowest BCUT2D eigenvalue weighted by atomic mass is 10.1. The lowest BCUT2D eigenvalue weighted by Crippen LogP contribution is -2.11. The lowest BCUT2D eigenvalue weighted by molar-refractivity contribution is 0.564. The van der Waals surface area contributed by atoms with Gasteiger partial charge in [-0.15, -0.1) is 11.3 Å². The Hall–Kier alpha value is -1.83. The van der Waals surface area contributed by atoms with Crippen LogP contribution >= 0.6 is 22.9 Å². The Morgan fingerprint density at radius 1 is 1.26 bits per heavy atom. The molecule has 120 valence electrons. The van der Waals surface area contributed by atoms with Crippen molar-refractivity contribution in [2.75, 3.05) is 4.72 Å².